The Balaban J connectivity index is 1.47. The first-order valence-corrected chi connectivity index (χ1v) is 12.8. The van der Waals surface area contributed by atoms with E-state index in [1.165, 1.54) is 23.5 Å². The van der Waals surface area contributed by atoms with E-state index in [0.29, 0.717) is 56.0 Å². The number of alkyl halides is 3. The Morgan fingerprint density at radius 1 is 1.03 bits per heavy atom. The Morgan fingerprint density at radius 3 is 2.40 bits per heavy atom. The standard InChI is InChI=1S/C24H28F3N3O4S/c1-17-8-9-20(34-2)16-22(17)35(32,33)30-10-4-7-21(30)23(31)29-13-11-28(12-14-29)19-6-3-5-18(15-19)24(25,26)27/h3,5-6,8-9,15-16,21H,4,7,10-14H2,1-2H3. The third-order valence-corrected chi connectivity index (χ3v) is 8.65. The highest BCUT2D eigenvalue weighted by molar-refractivity contribution is 7.89. The Kier molecular flexibility index (Phi) is 7.01. The molecule has 0 radical (unpaired) electrons. The molecule has 2 aromatic rings. The van der Waals surface area contributed by atoms with Crippen LogP contribution < -0.4 is 9.64 Å². The molecule has 2 aromatic carbocycles. The fourth-order valence-corrected chi connectivity index (χ4v) is 6.55. The van der Waals surface area contributed by atoms with Gasteiger partial charge in [0.2, 0.25) is 15.9 Å². The van der Waals surface area contributed by atoms with Gasteiger partial charge < -0.3 is 14.5 Å². The third-order valence-electron chi connectivity index (χ3n) is 6.60. The largest absolute Gasteiger partial charge is 0.497 e. The van der Waals surface area contributed by atoms with Crippen molar-refractivity contribution in [2.45, 2.75) is 36.9 Å². The van der Waals surface area contributed by atoms with Crippen molar-refractivity contribution in [3.05, 3.63) is 53.6 Å². The van der Waals surface area contributed by atoms with Gasteiger partial charge in [-0.3, -0.25) is 4.79 Å². The van der Waals surface area contributed by atoms with E-state index in [1.54, 1.807) is 30.0 Å². The lowest BCUT2D eigenvalue weighted by Crippen LogP contribution is -2.54. The monoisotopic (exact) mass is 511 g/mol. The van der Waals surface area contributed by atoms with Crippen LogP contribution in [0.2, 0.25) is 0 Å². The van der Waals surface area contributed by atoms with Crippen molar-refractivity contribution in [2.24, 2.45) is 0 Å². The number of hydrogen-bond acceptors (Lipinski definition) is 5. The van der Waals surface area contributed by atoms with Crippen LogP contribution in [0.15, 0.2) is 47.4 Å². The van der Waals surface area contributed by atoms with Crippen molar-refractivity contribution in [1.82, 2.24) is 9.21 Å². The second kappa shape index (κ2) is 9.69. The molecular weight excluding hydrogens is 483 g/mol. The molecule has 2 aliphatic heterocycles. The Bertz CT molecular complexity index is 1190. The van der Waals surface area contributed by atoms with E-state index < -0.39 is 27.8 Å². The smallest absolute Gasteiger partial charge is 0.416 e. The van der Waals surface area contributed by atoms with Crippen LogP contribution in [0.4, 0.5) is 18.9 Å². The summed E-state index contributed by atoms with van der Waals surface area (Å²) in [5, 5.41) is 0. The number of carbonyl (C=O) groups excluding carboxylic acids is 1. The summed E-state index contributed by atoms with van der Waals surface area (Å²) in [6.07, 6.45) is -3.43. The normalized spacial score (nSPS) is 19.7. The number of amides is 1. The summed E-state index contributed by atoms with van der Waals surface area (Å²) in [6.45, 7) is 3.28. The van der Waals surface area contributed by atoms with Crippen LogP contribution >= 0.6 is 0 Å². The zero-order valence-corrected chi connectivity index (χ0v) is 20.4. The predicted octanol–water partition coefficient (Wildman–Crippen LogP) is 3.52. The Hall–Kier alpha value is -2.79. The molecule has 4 rings (SSSR count). The molecule has 2 saturated heterocycles. The average molecular weight is 512 g/mol. The first kappa shape index (κ1) is 25.3. The maximum absolute atomic E-state index is 13.5. The number of hydrogen-bond donors (Lipinski definition) is 0. The summed E-state index contributed by atoms with van der Waals surface area (Å²) in [5.74, 6) is 0.150. The van der Waals surface area contributed by atoms with Gasteiger partial charge in [0.05, 0.1) is 17.6 Å². The molecule has 2 heterocycles. The Labute approximate surface area is 203 Å². The molecule has 0 spiro atoms. The van der Waals surface area contributed by atoms with E-state index >= 15 is 0 Å². The van der Waals surface area contributed by atoms with E-state index in [4.69, 9.17) is 4.74 Å². The van der Waals surface area contributed by atoms with Crippen LogP contribution in [0.25, 0.3) is 0 Å². The van der Waals surface area contributed by atoms with Gasteiger partial charge >= 0.3 is 6.18 Å². The molecule has 190 valence electrons. The maximum Gasteiger partial charge on any atom is 0.416 e. The molecular formula is C24H28F3N3O4S. The van der Waals surface area contributed by atoms with Crippen molar-refractivity contribution in [2.75, 3.05) is 44.7 Å². The van der Waals surface area contributed by atoms with Crippen LogP contribution in [-0.4, -0.2) is 69.4 Å². The fraction of sp³-hybridized carbons (Fsp3) is 0.458. The lowest BCUT2D eigenvalue weighted by molar-refractivity contribution is -0.137. The molecule has 2 fully saturated rings. The first-order chi connectivity index (χ1) is 16.5. The maximum atomic E-state index is 13.5. The van der Waals surface area contributed by atoms with Gasteiger partial charge in [-0.1, -0.05) is 12.1 Å². The van der Waals surface area contributed by atoms with Gasteiger partial charge in [-0.25, -0.2) is 8.42 Å². The van der Waals surface area contributed by atoms with Crippen molar-refractivity contribution in [3.63, 3.8) is 0 Å². The number of halogens is 3. The van der Waals surface area contributed by atoms with Gasteiger partial charge in [-0.15, -0.1) is 0 Å². The van der Waals surface area contributed by atoms with Crippen molar-refractivity contribution >= 4 is 21.6 Å². The molecule has 0 bridgehead atoms. The van der Waals surface area contributed by atoms with Crippen LogP contribution in [0, 0.1) is 6.92 Å². The molecule has 0 aliphatic carbocycles. The SMILES string of the molecule is COc1ccc(C)c(S(=O)(=O)N2CCCC2C(=O)N2CCN(c3cccc(C(F)(F)F)c3)CC2)c1. The average Bonchev–Trinajstić information content (AvgIpc) is 3.34. The summed E-state index contributed by atoms with van der Waals surface area (Å²) in [6, 6.07) is 9.16. The van der Waals surface area contributed by atoms with E-state index in [2.05, 4.69) is 0 Å². The number of anilines is 1. The molecule has 35 heavy (non-hydrogen) atoms. The van der Waals surface area contributed by atoms with Crippen molar-refractivity contribution in [3.8, 4) is 5.75 Å². The Morgan fingerprint density at radius 2 is 1.74 bits per heavy atom. The minimum atomic E-state index is -4.42. The second-order valence-corrected chi connectivity index (χ2v) is 10.6. The summed E-state index contributed by atoms with van der Waals surface area (Å²) >= 11 is 0. The number of benzene rings is 2. The number of aryl methyl sites for hydroxylation is 1. The number of carbonyl (C=O) groups is 1. The van der Waals surface area contributed by atoms with Gasteiger partial charge in [-0.2, -0.15) is 17.5 Å². The van der Waals surface area contributed by atoms with Gasteiger partial charge in [0.25, 0.3) is 0 Å². The third kappa shape index (κ3) is 5.11. The number of sulfonamides is 1. The summed E-state index contributed by atoms with van der Waals surface area (Å²) in [5.41, 5.74) is 0.303. The topological polar surface area (TPSA) is 70.2 Å². The van der Waals surface area contributed by atoms with Crippen molar-refractivity contribution in [1.29, 1.82) is 0 Å². The number of nitrogens with zero attached hydrogens (tertiary/aromatic N) is 3. The quantitative estimate of drug-likeness (QED) is 0.615. The van der Waals surface area contributed by atoms with E-state index in [0.717, 1.165) is 12.1 Å². The van der Waals surface area contributed by atoms with Gasteiger partial charge in [0.1, 0.15) is 11.8 Å². The summed E-state index contributed by atoms with van der Waals surface area (Å²) < 4.78 is 72.6. The minimum Gasteiger partial charge on any atom is -0.497 e. The van der Waals surface area contributed by atoms with Gasteiger partial charge in [-0.05, 0) is 49.6 Å². The number of piperazine rings is 1. The number of rotatable bonds is 5. The minimum absolute atomic E-state index is 0.117. The summed E-state index contributed by atoms with van der Waals surface area (Å²) in [7, 11) is -2.46. The second-order valence-electron chi connectivity index (χ2n) is 8.77. The molecule has 1 atom stereocenters. The summed E-state index contributed by atoms with van der Waals surface area (Å²) in [4.78, 5) is 16.9. The van der Waals surface area contributed by atoms with Crippen LogP contribution in [0.1, 0.15) is 24.0 Å². The molecule has 7 nitrogen and oxygen atoms in total. The van der Waals surface area contributed by atoms with E-state index in [9.17, 15) is 26.4 Å². The number of ether oxygens (including phenoxy) is 1. The van der Waals surface area contributed by atoms with Crippen LogP contribution in [0.5, 0.6) is 5.75 Å². The first-order valence-electron chi connectivity index (χ1n) is 11.4. The molecule has 2 aliphatic rings. The lowest BCUT2D eigenvalue weighted by Gasteiger charge is -2.38. The van der Waals surface area contributed by atoms with E-state index in [-0.39, 0.29) is 17.3 Å². The van der Waals surface area contributed by atoms with Crippen LogP contribution in [-0.2, 0) is 21.0 Å². The fourth-order valence-electron chi connectivity index (χ4n) is 4.66. The van der Waals surface area contributed by atoms with Gasteiger partial charge in [0.15, 0.2) is 0 Å². The highest BCUT2D eigenvalue weighted by Gasteiger charge is 2.42. The lowest BCUT2D eigenvalue weighted by atomic mass is 10.1. The molecule has 0 N–H and O–H groups in total. The van der Waals surface area contributed by atoms with Crippen molar-refractivity contribution < 1.29 is 31.1 Å². The predicted molar refractivity (Wildman–Crippen MR) is 125 cm³/mol. The zero-order chi connectivity index (χ0) is 25.4. The zero-order valence-electron chi connectivity index (χ0n) is 19.6. The molecule has 0 saturated carbocycles. The number of methoxy groups -OCH3 is 1. The highest BCUT2D eigenvalue weighted by atomic mass is 32.2. The van der Waals surface area contributed by atoms with Crippen LogP contribution in [0.3, 0.4) is 0 Å². The molecule has 1 unspecified atom stereocenters. The molecule has 1 amide bonds. The molecule has 0 aromatic heterocycles. The highest BCUT2D eigenvalue weighted by Crippen LogP contribution is 2.33. The van der Waals surface area contributed by atoms with E-state index in [1.807, 2.05) is 4.90 Å². The van der Waals surface area contributed by atoms with Gasteiger partial charge in [0, 0.05) is 44.5 Å². The molecule has 11 heteroatoms.